The van der Waals surface area contributed by atoms with Crippen LogP contribution in [0.5, 0.6) is 17.4 Å². The number of carboxylic acid groups (broad SMARTS) is 1. The minimum absolute atomic E-state index is 0.130. The minimum Gasteiger partial charge on any atom is -0.478 e. The second kappa shape index (κ2) is 9.46. The Bertz CT molecular complexity index is 1600. The van der Waals surface area contributed by atoms with E-state index >= 15 is 13.2 Å². The molecule has 2 aromatic carbocycles. The number of fused-ring (bicyclic) bond motifs is 2. The number of carboxylic acids is 1. The van der Waals surface area contributed by atoms with Crippen LogP contribution < -0.4 is 9.47 Å². The van der Waals surface area contributed by atoms with E-state index in [1.54, 1.807) is 18.2 Å². The molecule has 0 radical (unpaired) electrons. The average Bonchev–Trinajstić information content (AvgIpc) is 3.68. The summed E-state index contributed by atoms with van der Waals surface area (Å²) in [5.74, 6) is -5.69. The molecule has 0 bridgehead atoms. The molecule has 3 heterocycles. The first-order valence-electron chi connectivity index (χ1n) is 11.8. The highest BCUT2D eigenvalue weighted by atomic mass is 35.5. The van der Waals surface area contributed by atoms with Crippen LogP contribution in [0.3, 0.4) is 0 Å². The van der Waals surface area contributed by atoms with Crippen LogP contribution in [0.1, 0.15) is 57.9 Å². The maximum atomic E-state index is 15.3. The molecule has 1 aliphatic heterocycles. The third kappa shape index (κ3) is 4.47. The van der Waals surface area contributed by atoms with E-state index < -0.39 is 35.1 Å². The molecule has 200 valence electrons. The Morgan fingerprint density at radius 1 is 1.10 bits per heavy atom. The molecule has 1 N–H and O–H groups in total. The second-order valence-corrected chi connectivity index (χ2v) is 9.99. The van der Waals surface area contributed by atoms with Crippen LogP contribution >= 0.6 is 23.2 Å². The summed E-state index contributed by atoms with van der Waals surface area (Å²) < 4.78 is 62.6. The monoisotopic (exact) mass is 576 g/mol. The fourth-order valence-corrected chi connectivity index (χ4v) is 5.00. The lowest BCUT2D eigenvalue weighted by Crippen LogP contribution is -2.21. The van der Waals surface area contributed by atoms with E-state index in [9.17, 15) is 9.90 Å². The Labute approximate surface area is 229 Å². The van der Waals surface area contributed by atoms with E-state index in [0.717, 1.165) is 31.0 Å². The van der Waals surface area contributed by atoms with Gasteiger partial charge in [-0.05, 0) is 43.2 Å². The van der Waals surface area contributed by atoms with E-state index in [0.29, 0.717) is 32.6 Å². The van der Waals surface area contributed by atoms with Crippen molar-refractivity contribution in [1.82, 2.24) is 10.1 Å². The lowest BCUT2D eigenvalue weighted by molar-refractivity contribution is -0.0838. The molecule has 7 nitrogen and oxygen atoms in total. The number of pyridine rings is 1. The van der Waals surface area contributed by atoms with Crippen LogP contribution in [0.4, 0.5) is 13.2 Å². The number of aromatic nitrogens is 2. The molecule has 12 heteroatoms. The van der Waals surface area contributed by atoms with Gasteiger partial charge < -0.3 is 19.1 Å². The van der Waals surface area contributed by atoms with Crippen molar-refractivity contribution in [2.75, 3.05) is 0 Å². The van der Waals surface area contributed by atoms with Gasteiger partial charge in [-0.1, -0.05) is 40.5 Å². The third-order valence-electron chi connectivity index (χ3n) is 6.55. The summed E-state index contributed by atoms with van der Waals surface area (Å²) in [6.45, 7) is -0.161. The van der Waals surface area contributed by atoms with Crippen LogP contribution in [0.25, 0.3) is 11.3 Å². The highest BCUT2D eigenvalue weighted by Gasteiger charge is 2.50. The fraction of sp³-hybridized carbons (Fsp3) is 0.222. The van der Waals surface area contributed by atoms with E-state index in [4.69, 9.17) is 37.2 Å². The smallest absolute Gasteiger partial charge is 0.335 e. The largest absolute Gasteiger partial charge is 0.478 e. The number of aromatic carboxylic acids is 1. The van der Waals surface area contributed by atoms with Gasteiger partial charge in [0.1, 0.15) is 23.8 Å². The Kier molecular flexibility index (Phi) is 6.19. The van der Waals surface area contributed by atoms with E-state index in [2.05, 4.69) is 10.1 Å². The molecule has 2 aromatic heterocycles. The van der Waals surface area contributed by atoms with Crippen molar-refractivity contribution >= 4 is 29.2 Å². The maximum Gasteiger partial charge on any atom is 0.335 e. The predicted octanol–water partition coefficient (Wildman–Crippen LogP) is 8.11. The highest BCUT2D eigenvalue weighted by molar-refractivity contribution is 6.39. The third-order valence-corrected chi connectivity index (χ3v) is 7.18. The van der Waals surface area contributed by atoms with Gasteiger partial charge in [0.15, 0.2) is 17.6 Å². The number of rotatable bonds is 6. The highest BCUT2D eigenvalue weighted by Crippen LogP contribution is 2.52. The first-order valence-corrected chi connectivity index (χ1v) is 12.5. The van der Waals surface area contributed by atoms with Crippen molar-refractivity contribution in [3.8, 4) is 28.6 Å². The van der Waals surface area contributed by atoms with Gasteiger partial charge in [0.25, 0.3) is 0 Å². The van der Waals surface area contributed by atoms with Crippen LogP contribution in [-0.4, -0.2) is 21.2 Å². The van der Waals surface area contributed by atoms with Crippen molar-refractivity contribution in [2.24, 2.45) is 0 Å². The number of benzene rings is 2. The molecule has 1 unspecified atom stereocenters. The number of alkyl halides is 3. The summed E-state index contributed by atoms with van der Waals surface area (Å²) in [5.41, 5.74) is -0.361. The molecule has 2 aliphatic rings. The number of carbonyl (C=O) groups is 1. The first-order chi connectivity index (χ1) is 18.6. The molecule has 0 saturated heterocycles. The van der Waals surface area contributed by atoms with Crippen LogP contribution in [-0.2, 0) is 12.5 Å². The quantitative estimate of drug-likeness (QED) is 0.247. The molecule has 1 saturated carbocycles. The van der Waals surface area contributed by atoms with E-state index in [-0.39, 0.29) is 29.7 Å². The molecule has 4 aromatic rings. The summed E-state index contributed by atoms with van der Waals surface area (Å²) in [6.07, 6.45) is -1.06. The van der Waals surface area contributed by atoms with Crippen LogP contribution in [0.2, 0.25) is 10.0 Å². The zero-order valence-corrected chi connectivity index (χ0v) is 21.3. The number of ether oxygens (including phenoxy) is 2. The first kappa shape index (κ1) is 25.5. The lowest BCUT2D eigenvalue weighted by atomic mass is 10.0. The molecule has 39 heavy (non-hydrogen) atoms. The van der Waals surface area contributed by atoms with Crippen LogP contribution in [0.15, 0.2) is 53.1 Å². The normalized spacial score (nSPS) is 17.5. The predicted molar refractivity (Wildman–Crippen MR) is 134 cm³/mol. The van der Waals surface area contributed by atoms with Gasteiger partial charge in [-0.15, -0.1) is 0 Å². The maximum absolute atomic E-state index is 15.3. The molecule has 0 amide bonds. The van der Waals surface area contributed by atoms with Gasteiger partial charge in [0.2, 0.25) is 5.88 Å². The lowest BCUT2D eigenvalue weighted by Gasteiger charge is -2.19. The Morgan fingerprint density at radius 3 is 2.54 bits per heavy atom. The van der Waals surface area contributed by atoms with Gasteiger partial charge in [-0.25, -0.2) is 14.2 Å². The van der Waals surface area contributed by atoms with Crippen molar-refractivity contribution < 1.29 is 37.1 Å². The number of hydrogen-bond acceptors (Lipinski definition) is 6. The van der Waals surface area contributed by atoms with Crippen molar-refractivity contribution in [3.05, 3.63) is 86.7 Å². The van der Waals surface area contributed by atoms with E-state index in [1.165, 1.54) is 12.1 Å². The summed E-state index contributed by atoms with van der Waals surface area (Å²) >= 11 is 12.8. The Balaban J connectivity index is 1.34. The van der Waals surface area contributed by atoms with Gasteiger partial charge in [-0.3, -0.25) is 0 Å². The van der Waals surface area contributed by atoms with Crippen molar-refractivity contribution in [3.63, 3.8) is 0 Å². The second-order valence-electron chi connectivity index (χ2n) is 9.18. The SMILES string of the molecule is O=C(O)c1ccc2c(c1)Oc1ccc(OCc3c(-c4c(Cl)cccc4Cl)noc3C3CC3)nc1C(F)(F)C2F. The zero-order chi connectivity index (χ0) is 27.5. The summed E-state index contributed by atoms with van der Waals surface area (Å²) in [5, 5.41) is 14.1. The molecule has 6 rings (SSSR count). The standard InChI is InChI=1S/C27H17Cl2F3N2O5/c28-16-2-1-3-17(29)21(16)22-15(23(39-34-22)12-4-5-12)11-37-20-9-8-18-25(33-20)27(31,32)24(30)14-7-6-13(26(35)36)10-19(14)38-18/h1-3,6-10,12,24H,4-5,11H2,(H,35,36). The number of nitrogens with zero attached hydrogens (tertiary/aromatic N) is 2. The van der Waals surface area contributed by atoms with Crippen molar-refractivity contribution in [1.29, 1.82) is 0 Å². The Hall–Kier alpha value is -3.76. The minimum atomic E-state index is -4.10. The molecule has 0 spiro atoms. The summed E-state index contributed by atoms with van der Waals surface area (Å²) in [6, 6.07) is 10.4. The number of hydrogen-bond donors (Lipinski definition) is 1. The topological polar surface area (TPSA) is 94.7 Å². The van der Waals surface area contributed by atoms with Crippen LogP contribution in [0, 0.1) is 0 Å². The average molecular weight is 577 g/mol. The number of halogens is 5. The zero-order valence-electron chi connectivity index (χ0n) is 19.8. The molecular formula is C27H17Cl2F3N2O5. The summed E-state index contributed by atoms with van der Waals surface area (Å²) in [4.78, 5) is 15.2. The molecule has 1 fully saturated rings. The van der Waals surface area contributed by atoms with Gasteiger partial charge in [-0.2, -0.15) is 8.78 Å². The van der Waals surface area contributed by atoms with Gasteiger partial charge >= 0.3 is 11.9 Å². The van der Waals surface area contributed by atoms with Gasteiger partial charge in [0, 0.05) is 23.1 Å². The summed E-state index contributed by atoms with van der Waals surface area (Å²) in [7, 11) is 0. The molecular weight excluding hydrogens is 560 g/mol. The van der Waals surface area contributed by atoms with Gasteiger partial charge in [0.05, 0.1) is 21.2 Å². The molecule has 1 atom stereocenters. The molecule has 1 aliphatic carbocycles. The van der Waals surface area contributed by atoms with E-state index in [1.807, 2.05) is 0 Å². The fourth-order valence-electron chi connectivity index (χ4n) is 4.42. The Morgan fingerprint density at radius 2 is 1.85 bits per heavy atom. The van der Waals surface area contributed by atoms with Crippen molar-refractivity contribution in [2.45, 2.75) is 37.5 Å².